The van der Waals surface area contributed by atoms with Crippen LogP contribution in [0.15, 0.2) is 35.0 Å². The summed E-state index contributed by atoms with van der Waals surface area (Å²) in [6.07, 6.45) is 1.04. The molecule has 0 spiro atoms. The molecule has 1 aromatic carbocycles. The zero-order chi connectivity index (χ0) is 13.8. The second kappa shape index (κ2) is 6.07. The molecule has 104 valence electrons. The summed E-state index contributed by atoms with van der Waals surface area (Å²) in [6.45, 7) is 1.83. The Labute approximate surface area is 121 Å². The van der Waals surface area contributed by atoms with E-state index in [0.29, 0.717) is 0 Å². The Morgan fingerprint density at radius 2 is 2.25 bits per heavy atom. The van der Waals surface area contributed by atoms with E-state index in [1.54, 1.807) is 11.3 Å². The molecule has 5 heteroatoms. The van der Waals surface area contributed by atoms with Gasteiger partial charge in [-0.2, -0.15) is 11.3 Å². The van der Waals surface area contributed by atoms with Gasteiger partial charge in [0, 0.05) is 6.54 Å². The molecule has 1 aromatic heterocycles. The molecule has 0 unspecified atom stereocenters. The number of hydrogen-bond donors (Lipinski definition) is 2. The maximum Gasteiger partial charge on any atom is 0.262 e. The molecule has 1 aliphatic heterocycles. The van der Waals surface area contributed by atoms with Crippen molar-refractivity contribution in [1.82, 2.24) is 5.32 Å². The van der Waals surface area contributed by atoms with Crippen LogP contribution in [-0.2, 0) is 17.8 Å². The maximum atomic E-state index is 11.3. The minimum atomic E-state index is -0.0972. The van der Waals surface area contributed by atoms with Crippen molar-refractivity contribution in [2.75, 3.05) is 18.5 Å². The molecule has 2 aromatic rings. The number of thiophene rings is 1. The lowest BCUT2D eigenvalue weighted by Gasteiger charge is -2.18. The largest absolute Gasteiger partial charge is 0.482 e. The van der Waals surface area contributed by atoms with Crippen molar-refractivity contribution in [3.8, 4) is 5.75 Å². The molecule has 3 rings (SSSR count). The van der Waals surface area contributed by atoms with Crippen LogP contribution in [0.25, 0.3) is 0 Å². The summed E-state index contributed by atoms with van der Waals surface area (Å²) in [6, 6.07) is 8.04. The minimum absolute atomic E-state index is 0.0972. The van der Waals surface area contributed by atoms with Crippen LogP contribution in [0.2, 0.25) is 0 Å². The highest BCUT2D eigenvalue weighted by Gasteiger charge is 2.15. The van der Waals surface area contributed by atoms with Gasteiger partial charge in [-0.05, 0) is 53.1 Å². The summed E-state index contributed by atoms with van der Waals surface area (Å²) in [7, 11) is 0. The second-order valence-electron chi connectivity index (χ2n) is 4.73. The first-order valence-corrected chi connectivity index (χ1v) is 7.53. The Bertz CT molecular complexity index is 596. The van der Waals surface area contributed by atoms with E-state index in [0.717, 1.165) is 36.5 Å². The summed E-state index contributed by atoms with van der Waals surface area (Å²) < 4.78 is 5.33. The zero-order valence-electron chi connectivity index (χ0n) is 11.0. The van der Waals surface area contributed by atoms with E-state index in [1.807, 2.05) is 18.2 Å². The minimum Gasteiger partial charge on any atom is -0.482 e. The SMILES string of the molecule is O=C1COc2ccc(CNCCc3ccsc3)cc2N1. The van der Waals surface area contributed by atoms with Gasteiger partial charge >= 0.3 is 0 Å². The van der Waals surface area contributed by atoms with E-state index in [2.05, 4.69) is 27.5 Å². The third-order valence-corrected chi connectivity index (χ3v) is 3.91. The summed E-state index contributed by atoms with van der Waals surface area (Å²) in [5.41, 5.74) is 3.27. The second-order valence-corrected chi connectivity index (χ2v) is 5.51. The fraction of sp³-hybridized carbons (Fsp3) is 0.267. The number of fused-ring (bicyclic) bond motifs is 1. The molecule has 1 amide bonds. The van der Waals surface area contributed by atoms with Gasteiger partial charge in [-0.25, -0.2) is 0 Å². The Morgan fingerprint density at radius 1 is 1.30 bits per heavy atom. The standard InChI is InChI=1S/C15H16N2O2S/c18-15-9-19-14-2-1-12(7-13(14)17-15)8-16-5-3-11-4-6-20-10-11/h1-2,4,6-7,10,16H,3,5,8-9H2,(H,17,18). The monoisotopic (exact) mass is 288 g/mol. The predicted octanol–water partition coefficient (Wildman–Crippen LogP) is 2.41. The van der Waals surface area contributed by atoms with E-state index in [1.165, 1.54) is 5.56 Å². The molecule has 0 fully saturated rings. The number of hydrogen-bond acceptors (Lipinski definition) is 4. The lowest BCUT2D eigenvalue weighted by atomic mass is 10.1. The van der Waals surface area contributed by atoms with Gasteiger partial charge in [0.15, 0.2) is 6.61 Å². The van der Waals surface area contributed by atoms with Crippen LogP contribution in [0, 0.1) is 0 Å². The summed E-state index contributed by atoms with van der Waals surface area (Å²) in [5.74, 6) is 0.645. The van der Waals surface area contributed by atoms with Gasteiger partial charge < -0.3 is 15.4 Å². The van der Waals surface area contributed by atoms with E-state index < -0.39 is 0 Å². The van der Waals surface area contributed by atoms with Crippen molar-refractivity contribution >= 4 is 22.9 Å². The van der Waals surface area contributed by atoms with E-state index >= 15 is 0 Å². The molecular weight excluding hydrogens is 272 g/mol. The van der Waals surface area contributed by atoms with Crippen LogP contribution in [-0.4, -0.2) is 19.1 Å². The number of nitrogens with one attached hydrogen (secondary N) is 2. The number of anilines is 1. The van der Waals surface area contributed by atoms with Crippen molar-refractivity contribution in [2.24, 2.45) is 0 Å². The lowest BCUT2D eigenvalue weighted by Crippen LogP contribution is -2.25. The van der Waals surface area contributed by atoms with Gasteiger partial charge in [-0.15, -0.1) is 0 Å². The molecule has 0 saturated carbocycles. The number of rotatable bonds is 5. The van der Waals surface area contributed by atoms with Crippen LogP contribution in [0.4, 0.5) is 5.69 Å². The summed E-state index contributed by atoms with van der Waals surface area (Å²) in [5, 5.41) is 10.5. The average Bonchev–Trinajstić information content (AvgIpc) is 2.96. The molecule has 0 saturated heterocycles. The Morgan fingerprint density at radius 3 is 3.10 bits per heavy atom. The summed E-state index contributed by atoms with van der Waals surface area (Å²) >= 11 is 1.73. The molecule has 0 radical (unpaired) electrons. The Hall–Kier alpha value is -1.85. The van der Waals surface area contributed by atoms with E-state index in [9.17, 15) is 4.79 Å². The highest BCUT2D eigenvalue weighted by Crippen LogP contribution is 2.28. The molecule has 2 N–H and O–H groups in total. The van der Waals surface area contributed by atoms with Gasteiger partial charge in [-0.3, -0.25) is 4.79 Å². The molecule has 0 atom stereocenters. The van der Waals surface area contributed by atoms with Crippen LogP contribution in [0.5, 0.6) is 5.75 Å². The number of carbonyl (C=O) groups is 1. The highest BCUT2D eigenvalue weighted by molar-refractivity contribution is 7.07. The predicted molar refractivity (Wildman–Crippen MR) is 80.3 cm³/mol. The fourth-order valence-electron chi connectivity index (χ4n) is 2.14. The van der Waals surface area contributed by atoms with Gasteiger partial charge in [0.25, 0.3) is 5.91 Å². The lowest BCUT2D eigenvalue weighted by molar-refractivity contribution is -0.118. The van der Waals surface area contributed by atoms with Crippen molar-refractivity contribution in [3.63, 3.8) is 0 Å². The number of amides is 1. The first-order chi connectivity index (χ1) is 9.81. The normalized spacial score (nSPS) is 13.5. The van der Waals surface area contributed by atoms with Crippen molar-refractivity contribution < 1.29 is 9.53 Å². The molecule has 4 nitrogen and oxygen atoms in total. The fourth-order valence-corrected chi connectivity index (χ4v) is 2.84. The smallest absolute Gasteiger partial charge is 0.262 e. The molecular formula is C15H16N2O2S. The van der Waals surface area contributed by atoms with E-state index in [4.69, 9.17) is 4.74 Å². The van der Waals surface area contributed by atoms with Crippen molar-refractivity contribution in [1.29, 1.82) is 0 Å². The van der Waals surface area contributed by atoms with Crippen LogP contribution < -0.4 is 15.4 Å². The van der Waals surface area contributed by atoms with Gasteiger partial charge in [0.2, 0.25) is 0 Å². The van der Waals surface area contributed by atoms with Gasteiger partial charge in [-0.1, -0.05) is 6.07 Å². The van der Waals surface area contributed by atoms with Crippen molar-refractivity contribution in [3.05, 3.63) is 46.2 Å². The maximum absolute atomic E-state index is 11.3. The third-order valence-electron chi connectivity index (χ3n) is 3.18. The van der Waals surface area contributed by atoms with Gasteiger partial charge in [0.05, 0.1) is 5.69 Å². The number of ether oxygens (including phenoxy) is 1. The van der Waals surface area contributed by atoms with Crippen molar-refractivity contribution in [2.45, 2.75) is 13.0 Å². The highest BCUT2D eigenvalue weighted by atomic mass is 32.1. The van der Waals surface area contributed by atoms with Crippen LogP contribution >= 0.6 is 11.3 Å². The number of carbonyl (C=O) groups excluding carboxylic acids is 1. The van der Waals surface area contributed by atoms with Crippen LogP contribution in [0.1, 0.15) is 11.1 Å². The zero-order valence-corrected chi connectivity index (χ0v) is 11.8. The average molecular weight is 288 g/mol. The molecule has 2 heterocycles. The van der Waals surface area contributed by atoms with E-state index in [-0.39, 0.29) is 12.5 Å². The van der Waals surface area contributed by atoms with Gasteiger partial charge in [0.1, 0.15) is 5.75 Å². The number of benzene rings is 1. The first-order valence-electron chi connectivity index (χ1n) is 6.58. The van der Waals surface area contributed by atoms with Crippen LogP contribution in [0.3, 0.4) is 0 Å². The topological polar surface area (TPSA) is 50.4 Å². The molecule has 20 heavy (non-hydrogen) atoms. The Kier molecular flexibility index (Phi) is 3.99. The third kappa shape index (κ3) is 3.18. The molecule has 0 aliphatic carbocycles. The first kappa shape index (κ1) is 13.1. The molecule has 0 bridgehead atoms. The molecule has 1 aliphatic rings. The Balaban J connectivity index is 1.53. The summed E-state index contributed by atoms with van der Waals surface area (Å²) in [4.78, 5) is 11.3. The quantitative estimate of drug-likeness (QED) is 0.831.